The first-order chi connectivity index (χ1) is 8.70. The number of hydrogen-bond acceptors (Lipinski definition) is 2. The van der Waals surface area contributed by atoms with Crippen LogP contribution in [0, 0.1) is 12.8 Å². The lowest BCUT2D eigenvalue weighted by Gasteiger charge is -2.31. The molecule has 3 N–H and O–H groups in total. The lowest BCUT2D eigenvalue weighted by molar-refractivity contribution is 0.313. The number of nitrogen functional groups attached to an aromatic ring is 1. The van der Waals surface area contributed by atoms with Crippen molar-refractivity contribution in [3.63, 3.8) is 0 Å². The molecule has 2 rings (SSSR count). The quantitative estimate of drug-likeness (QED) is 0.775. The summed E-state index contributed by atoms with van der Waals surface area (Å²) in [5, 5.41) is 3.73. The van der Waals surface area contributed by atoms with Crippen molar-refractivity contribution in [2.24, 2.45) is 5.92 Å². The van der Waals surface area contributed by atoms with E-state index in [1.165, 1.54) is 49.8 Å². The first-order valence-electron chi connectivity index (χ1n) is 7.33. The van der Waals surface area contributed by atoms with Crippen molar-refractivity contribution in [3.8, 4) is 0 Å². The van der Waals surface area contributed by atoms with Crippen LogP contribution in [0.5, 0.6) is 0 Å². The van der Waals surface area contributed by atoms with E-state index in [0.29, 0.717) is 6.04 Å². The summed E-state index contributed by atoms with van der Waals surface area (Å²) in [6.07, 6.45) is 8.18. The Labute approximate surface area is 111 Å². The molecule has 1 aromatic rings. The third-order valence-corrected chi connectivity index (χ3v) is 4.26. The highest BCUT2D eigenvalue weighted by molar-refractivity contribution is 5.59. The van der Waals surface area contributed by atoms with Crippen molar-refractivity contribution < 1.29 is 0 Å². The van der Waals surface area contributed by atoms with Gasteiger partial charge in [0.2, 0.25) is 0 Å². The molecule has 1 aromatic carbocycles. The summed E-state index contributed by atoms with van der Waals surface area (Å²) < 4.78 is 0. The van der Waals surface area contributed by atoms with Crippen molar-refractivity contribution in [2.75, 3.05) is 11.1 Å². The molecule has 1 atom stereocenters. The first kappa shape index (κ1) is 13.3. The highest BCUT2D eigenvalue weighted by Gasteiger charge is 2.22. The van der Waals surface area contributed by atoms with Crippen LogP contribution >= 0.6 is 0 Å². The number of benzene rings is 1. The number of hydrogen-bond donors (Lipinski definition) is 2. The van der Waals surface area contributed by atoms with E-state index in [-0.39, 0.29) is 0 Å². The summed E-state index contributed by atoms with van der Waals surface area (Å²) in [5.41, 5.74) is 9.24. The molecule has 2 heteroatoms. The molecule has 1 aliphatic carbocycles. The maximum Gasteiger partial charge on any atom is 0.0392 e. The Morgan fingerprint density at radius 2 is 2.00 bits per heavy atom. The van der Waals surface area contributed by atoms with Crippen LogP contribution in [0.15, 0.2) is 18.2 Å². The number of nitrogens with one attached hydrogen (secondary N) is 1. The van der Waals surface area contributed by atoms with E-state index in [0.717, 1.165) is 11.6 Å². The summed E-state index contributed by atoms with van der Waals surface area (Å²) in [6.45, 7) is 4.43. The molecule has 18 heavy (non-hydrogen) atoms. The van der Waals surface area contributed by atoms with Gasteiger partial charge in [-0.25, -0.2) is 0 Å². The van der Waals surface area contributed by atoms with Crippen LogP contribution in [0.25, 0.3) is 0 Å². The Balaban J connectivity index is 2.06. The van der Waals surface area contributed by atoms with Crippen LogP contribution in [0.1, 0.15) is 51.0 Å². The van der Waals surface area contributed by atoms with Crippen LogP contribution in [-0.4, -0.2) is 6.04 Å². The van der Waals surface area contributed by atoms with Crippen LogP contribution in [0.3, 0.4) is 0 Å². The molecule has 0 amide bonds. The maximum atomic E-state index is 5.88. The SMILES string of the molecule is CCC(Nc1cc(N)ccc1C)C1CCCCC1. The number of aryl methyl sites for hydroxylation is 1. The molecular formula is C16H26N2. The molecule has 0 bridgehead atoms. The first-order valence-corrected chi connectivity index (χ1v) is 7.33. The van der Waals surface area contributed by atoms with Crippen molar-refractivity contribution in [3.05, 3.63) is 23.8 Å². The molecule has 0 spiro atoms. The average molecular weight is 246 g/mol. The van der Waals surface area contributed by atoms with E-state index in [2.05, 4.69) is 31.3 Å². The van der Waals surface area contributed by atoms with Gasteiger partial charge in [0.25, 0.3) is 0 Å². The number of rotatable bonds is 4. The second-order valence-electron chi connectivity index (χ2n) is 5.63. The van der Waals surface area contributed by atoms with E-state index in [1.54, 1.807) is 0 Å². The fourth-order valence-corrected chi connectivity index (χ4v) is 3.08. The lowest BCUT2D eigenvalue weighted by Crippen LogP contribution is -2.30. The standard InChI is InChI=1S/C16H26N2/c1-3-15(13-7-5-4-6-8-13)18-16-11-14(17)10-9-12(16)2/h9-11,13,15,18H,3-8,17H2,1-2H3. The van der Waals surface area contributed by atoms with Gasteiger partial charge in [-0.05, 0) is 49.8 Å². The number of nitrogens with two attached hydrogens (primary N) is 1. The van der Waals surface area contributed by atoms with Crippen molar-refractivity contribution in [1.82, 2.24) is 0 Å². The zero-order valence-electron chi connectivity index (χ0n) is 11.7. The second-order valence-corrected chi connectivity index (χ2v) is 5.63. The smallest absolute Gasteiger partial charge is 0.0392 e. The van der Waals surface area contributed by atoms with Gasteiger partial charge >= 0.3 is 0 Å². The lowest BCUT2D eigenvalue weighted by atomic mass is 9.83. The molecule has 0 radical (unpaired) electrons. The summed E-state index contributed by atoms with van der Waals surface area (Å²) in [4.78, 5) is 0. The predicted octanol–water partition coefficient (Wildman–Crippen LogP) is 4.35. The van der Waals surface area contributed by atoms with E-state index >= 15 is 0 Å². The Morgan fingerprint density at radius 3 is 2.67 bits per heavy atom. The van der Waals surface area contributed by atoms with Gasteiger partial charge in [0.15, 0.2) is 0 Å². The van der Waals surface area contributed by atoms with Gasteiger partial charge in [0.1, 0.15) is 0 Å². The molecule has 2 nitrogen and oxygen atoms in total. The summed E-state index contributed by atoms with van der Waals surface area (Å²) in [6, 6.07) is 6.75. The average Bonchev–Trinajstić information content (AvgIpc) is 2.41. The summed E-state index contributed by atoms with van der Waals surface area (Å²) in [7, 11) is 0. The molecule has 1 fully saturated rings. The zero-order valence-corrected chi connectivity index (χ0v) is 11.7. The second kappa shape index (κ2) is 6.12. The van der Waals surface area contributed by atoms with Gasteiger partial charge in [-0.1, -0.05) is 32.3 Å². The molecule has 1 aliphatic rings. The predicted molar refractivity (Wildman–Crippen MR) is 79.9 cm³/mol. The van der Waals surface area contributed by atoms with Crippen LogP contribution in [0.2, 0.25) is 0 Å². The molecule has 0 aromatic heterocycles. The highest BCUT2D eigenvalue weighted by Crippen LogP contribution is 2.30. The minimum absolute atomic E-state index is 0.603. The third kappa shape index (κ3) is 3.18. The van der Waals surface area contributed by atoms with Crippen molar-refractivity contribution >= 4 is 11.4 Å². The van der Waals surface area contributed by atoms with Crippen LogP contribution in [0.4, 0.5) is 11.4 Å². The van der Waals surface area contributed by atoms with Gasteiger partial charge < -0.3 is 11.1 Å². The Kier molecular flexibility index (Phi) is 4.51. The van der Waals surface area contributed by atoms with Crippen LogP contribution < -0.4 is 11.1 Å². The zero-order chi connectivity index (χ0) is 13.0. The minimum Gasteiger partial charge on any atom is -0.399 e. The molecule has 0 aliphatic heterocycles. The Morgan fingerprint density at radius 1 is 1.28 bits per heavy atom. The minimum atomic E-state index is 0.603. The van der Waals surface area contributed by atoms with E-state index in [9.17, 15) is 0 Å². The largest absolute Gasteiger partial charge is 0.399 e. The molecule has 1 saturated carbocycles. The summed E-state index contributed by atoms with van der Waals surface area (Å²) in [5.74, 6) is 0.838. The van der Waals surface area contributed by atoms with E-state index in [4.69, 9.17) is 5.73 Å². The highest BCUT2D eigenvalue weighted by atomic mass is 14.9. The number of anilines is 2. The summed E-state index contributed by atoms with van der Waals surface area (Å²) >= 11 is 0. The fraction of sp³-hybridized carbons (Fsp3) is 0.625. The van der Waals surface area contributed by atoms with Gasteiger partial charge in [0, 0.05) is 17.4 Å². The van der Waals surface area contributed by atoms with Crippen molar-refractivity contribution in [2.45, 2.75) is 58.4 Å². The Bertz CT molecular complexity index is 381. The van der Waals surface area contributed by atoms with E-state index < -0.39 is 0 Å². The molecule has 0 saturated heterocycles. The topological polar surface area (TPSA) is 38.0 Å². The molecule has 1 unspecified atom stereocenters. The van der Waals surface area contributed by atoms with Crippen molar-refractivity contribution in [1.29, 1.82) is 0 Å². The Hall–Kier alpha value is -1.18. The fourth-order valence-electron chi connectivity index (χ4n) is 3.08. The monoisotopic (exact) mass is 246 g/mol. The van der Waals surface area contributed by atoms with E-state index in [1.807, 2.05) is 6.07 Å². The molecule has 100 valence electrons. The maximum absolute atomic E-state index is 5.88. The molecule has 0 heterocycles. The van der Waals surface area contributed by atoms with Gasteiger partial charge in [-0.15, -0.1) is 0 Å². The van der Waals surface area contributed by atoms with Gasteiger partial charge in [-0.3, -0.25) is 0 Å². The molecular weight excluding hydrogens is 220 g/mol. The van der Waals surface area contributed by atoms with Gasteiger partial charge in [0.05, 0.1) is 0 Å². The third-order valence-electron chi connectivity index (χ3n) is 4.26. The van der Waals surface area contributed by atoms with Crippen LogP contribution in [-0.2, 0) is 0 Å². The normalized spacial score (nSPS) is 18.6. The van der Waals surface area contributed by atoms with Gasteiger partial charge in [-0.2, -0.15) is 0 Å².